The molecule has 0 aromatic rings. The van der Waals surface area contributed by atoms with Crippen LogP contribution in [0.3, 0.4) is 0 Å². The predicted molar refractivity (Wildman–Crippen MR) is 54.3 cm³/mol. The minimum absolute atomic E-state index is 0.0795. The first-order valence-electron chi connectivity index (χ1n) is 3.77. The zero-order valence-electron chi connectivity index (χ0n) is 7.66. The third-order valence-electron chi connectivity index (χ3n) is 1.31. The van der Waals surface area contributed by atoms with E-state index in [1.54, 1.807) is 0 Å². The molecule has 0 aliphatic heterocycles. The molecule has 0 heterocycles. The van der Waals surface area contributed by atoms with Gasteiger partial charge in [0.25, 0.3) is 0 Å². The maximum atomic E-state index is 10.8. The lowest BCUT2D eigenvalue weighted by molar-refractivity contribution is -0.139. The number of thiocarbonyl (C=S) groups is 1. The molecule has 0 fully saturated rings. The van der Waals surface area contributed by atoms with Gasteiger partial charge in [0, 0.05) is 5.71 Å². The number of hydrogen-bond acceptors (Lipinski definition) is 4. The van der Waals surface area contributed by atoms with Crippen molar-refractivity contribution in [1.29, 1.82) is 0 Å². The number of carbonyl (C=O) groups excluding carboxylic acids is 1. The Labute approximate surface area is 82.3 Å². The molecular weight excluding hydrogens is 190 g/mol. The van der Waals surface area contributed by atoms with Crippen LogP contribution in [-0.2, 0) is 9.53 Å². The summed E-state index contributed by atoms with van der Waals surface area (Å²) in [5.74, 6) is -0.328. The summed E-state index contributed by atoms with van der Waals surface area (Å²) in [6, 6.07) is 0. The Morgan fingerprint density at radius 2 is 2.31 bits per heavy atom. The molecule has 0 aliphatic carbocycles. The van der Waals surface area contributed by atoms with Crippen molar-refractivity contribution in [2.24, 2.45) is 10.8 Å². The van der Waals surface area contributed by atoms with Gasteiger partial charge in [-0.3, -0.25) is 10.2 Å². The maximum Gasteiger partial charge on any atom is 0.311 e. The van der Waals surface area contributed by atoms with E-state index in [1.165, 1.54) is 7.11 Å². The topological polar surface area (TPSA) is 76.7 Å². The molecule has 0 atom stereocenters. The van der Waals surface area contributed by atoms with Gasteiger partial charge in [0.05, 0.1) is 13.5 Å². The van der Waals surface area contributed by atoms with Crippen molar-refractivity contribution < 1.29 is 9.53 Å². The Kier molecular flexibility index (Phi) is 5.79. The zero-order valence-corrected chi connectivity index (χ0v) is 8.48. The van der Waals surface area contributed by atoms with Gasteiger partial charge in [-0.05, 0) is 18.6 Å². The third kappa shape index (κ3) is 6.03. The molecule has 0 rings (SSSR count). The average molecular weight is 203 g/mol. The fraction of sp³-hybridized carbons (Fsp3) is 0.571. The van der Waals surface area contributed by atoms with Crippen LogP contribution in [0.5, 0.6) is 0 Å². The lowest BCUT2D eigenvalue weighted by Gasteiger charge is -2.02. The number of methoxy groups -OCH3 is 1. The van der Waals surface area contributed by atoms with Gasteiger partial charge in [0.15, 0.2) is 5.11 Å². The van der Waals surface area contributed by atoms with Crippen LogP contribution in [0.2, 0.25) is 0 Å². The van der Waals surface area contributed by atoms with Crippen LogP contribution in [0.25, 0.3) is 0 Å². The highest BCUT2D eigenvalue weighted by molar-refractivity contribution is 7.80. The lowest BCUT2D eigenvalue weighted by atomic mass is 10.2. The Hall–Kier alpha value is -1.17. The molecule has 6 heteroatoms. The smallest absolute Gasteiger partial charge is 0.311 e. The maximum absolute atomic E-state index is 10.8. The third-order valence-corrected chi connectivity index (χ3v) is 1.40. The standard InChI is InChI=1S/C7H13N3O2S/c1-3-5(4-6(11)12-2)9-10-7(8)13/h3-4H2,1-2H3,(H3,8,10,13)/b9-5+. The molecule has 0 amide bonds. The highest BCUT2D eigenvalue weighted by Gasteiger charge is 2.05. The Morgan fingerprint density at radius 3 is 2.69 bits per heavy atom. The Morgan fingerprint density at radius 1 is 1.69 bits per heavy atom. The van der Waals surface area contributed by atoms with Gasteiger partial charge < -0.3 is 10.5 Å². The van der Waals surface area contributed by atoms with E-state index < -0.39 is 0 Å². The number of carbonyl (C=O) groups is 1. The van der Waals surface area contributed by atoms with E-state index >= 15 is 0 Å². The van der Waals surface area contributed by atoms with Crippen LogP contribution in [0, 0.1) is 0 Å². The lowest BCUT2D eigenvalue weighted by Crippen LogP contribution is -2.26. The number of hydrogen-bond donors (Lipinski definition) is 2. The molecule has 0 spiro atoms. The number of ether oxygens (including phenoxy) is 1. The normalized spacial score (nSPS) is 10.8. The zero-order chi connectivity index (χ0) is 10.3. The summed E-state index contributed by atoms with van der Waals surface area (Å²) in [5, 5.41) is 3.91. The average Bonchev–Trinajstić information content (AvgIpc) is 2.11. The summed E-state index contributed by atoms with van der Waals surface area (Å²) in [7, 11) is 1.33. The number of rotatable bonds is 4. The van der Waals surface area contributed by atoms with E-state index in [-0.39, 0.29) is 17.5 Å². The van der Waals surface area contributed by atoms with E-state index in [2.05, 4.69) is 27.5 Å². The molecule has 0 bridgehead atoms. The fourth-order valence-electron chi connectivity index (χ4n) is 0.617. The van der Waals surface area contributed by atoms with Crippen LogP contribution in [0.15, 0.2) is 5.10 Å². The van der Waals surface area contributed by atoms with Crippen molar-refractivity contribution in [3.05, 3.63) is 0 Å². The summed E-state index contributed by atoms with van der Waals surface area (Å²) in [5.41, 5.74) is 8.22. The molecule has 0 radical (unpaired) electrons. The molecule has 0 aromatic heterocycles. The summed E-state index contributed by atoms with van der Waals surface area (Å²) in [6.45, 7) is 1.88. The van der Waals surface area contributed by atoms with Crippen molar-refractivity contribution in [2.75, 3.05) is 7.11 Å². The van der Waals surface area contributed by atoms with Crippen LogP contribution in [0.4, 0.5) is 0 Å². The van der Waals surface area contributed by atoms with Gasteiger partial charge in [0.1, 0.15) is 0 Å². The largest absolute Gasteiger partial charge is 0.469 e. The minimum Gasteiger partial charge on any atom is -0.469 e. The number of esters is 1. The minimum atomic E-state index is -0.328. The van der Waals surface area contributed by atoms with Gasteiger partial charge in [-0.15, -0.1) is 0 Å². The first-order chi connectivity index (χ1) is 6.10. The number of hydrazone groups is 1. The molecule has 0 saturated carbocycles. The van der Waals surface area contributed by atoms with Gasteiger partial charge >= 0.3 is 5.97 Å². The van der Waals surface area contributed by atoms with Crippen molar-refractivity contribution in [2.45, 2.75) is 19.8 Å². The molecule has 0 saturated heterocycles. The summed E-state index contributed by atoms with van der Waals surface area (Å²) < 4.78 is 4.48. The van der Waals surface area contributed by atoms with Crippen LogP contribution < -0.4 is 11.2 Å². The van der Waals surface area contributed by atoms with E-state index in [4.69, 9.17) is 5.73 Å². The number of nitrogens with one attached hydrogen (secondary N) is 1. The van der Waals surface area contributed by atoms with Gasteiger partial charge in [-0.2, -0.15) is 5.10 Å². The highest BCUT2D eigenvalue weighted by Crippen LogP contribution is 1.93. The van der Waals surface area contributed by atoms with Crippen molar-refractivity contribution in [3.63, 3.8) is 0 Å². The molecule has 74 valence electrons. The van der Waals surface area contributed by atoms with Crippen LogP contribution in [0.1, 0.15) is 19.8 Å². The highest BCUT2D eigenvalue weighted by atomic mass is 32.1. The molecule has 13 heavy (non-hydrogen) atoms. The summed E-state index contributed by atoms with van der Waals surface area (Å²) in [4.78, 5) is 10.8. The van der Waals surface area contributed by atoms with Crippen LogP contribution in [-0.4, -0.2) is 23.9 Å². The number of nitrogens with zero attached hydrogens (tertiary/aromatic N) is 1. The number of nitrogens with two attached hydrogens (primary N) is 1. The quantitative estimate of drug-likeness (QED) is 0.294. The molecule has 3 N–H and O–H groups in total. The molecule has 0 unspecified atom stereocenters. The Balaban J connectivity index is 4.08. The fourth-order valence-corrected chi connectivity index (χ4v) is 0.662. The first kappa shape index (κ1) is 11.8. The second kappa shape index (κ2) is 6.36. The van der Waals surface area contributed by atoms with E-state index in [0.717, 1.165) is 0 Å². The molecular formula is C7H13N3O2S. The SMILES string of the molecule is CC/C(CC(=O)OC)=N\NC(N)=S. The molecule has 5 nitrogen and oxygen atoms in total. The van der Waals surface area contributed by atoms with Crippen molar-refractivity contribution in [3.8, 4) is 0 Å². The first-order valence-corrected chi connectivity index (χ1v) is 4.18. The second-order valence-electron chi connectivity index (χ2n) is 2.26. The van der Waals surface area contributed by atoms with E-state index in [0.29, 0.717) is 12.1 Å². The molecule has 0 aliphatic rings. The second-order valence-corrected chi connectivity index (χ2v) is 2.70. The monoisotopic (exact) mass is 203 g/mol. The summed E-state index contributed by atoms with van der Waals surface area (Å²) >= 11 is 4.55. The van der Waals surface area contributed by atoms with Gasteiger partial charge in [-0.25, -0.2) is 0 Å². The van der Waals surface area contributed by atoms with E-state index in [9.17, 15) is 4.79 Å². The Bertz CT molecular complexity index is 228. The van der Waals surface area contributed by atoms with Gasteiger partial charge in [-0.1, -0.05) is 6.92 Å². The van der Waals surface area contributed by atoms with Crippen molar-refractivity contribution in [1.82, 2.24) is 5.43 Å². The van der Waals surface area contributed by atoms with Crippen LogP contribution >= 0.6 is 12.2 Å². The predicted octanol–water partition coefficient (Wildman–Crippen LogP) is 0.149. The molecule has 0 aromatic carbocycles. The van der Waals surface area contributed by atoms with E-state index in [1.807, 2.05) is 6.92 Å². The van der Waals surface area contributed by atoms with Crippen molar-refractivity contribution >= 4 is 29.0 Å². The van der Waals surface area contributed by atoms with Gasteiger partial charge in [0.2, 0.25) is 0 Å². The summed E-state index contributed by atoms with van der Waals surface area (Å²) in [6.07, 6.45) is 0.799.